The predicted molar refractivity (Wildman–Crippen MR) is 79.3 cm³/mol. The van der Waals surface area contributed by atoms with E-state index in [0.29, 0.717) is 4.47 Å². The second-order valence-corrected chi connectivity index (χ2v) is 6.70. The molecule has 0 unspecified atom stereocenters. The van der Waals surface area contributed by atoms with Crippen molar-refractivity contribution in [3.05, 3.63) is 39.8 Å². The van der Waals surface area contributed by atoms with Gasteiger partial charge in [-0.3, -0.25) is 0 Å². The Hall–Kier alpha value is -0.715. The van der Waals surface area contributed by atoms with Gasteiger partial charge in [0, 0.05) is 10.0 Å². The van der Waals surface area contributed by atoms with E-state index < -0.39 is 29.9 Å². The normalized spacial score (nSPS) is 21.4. The van der Waals surface area contributed by atoms with Crippen LogP contribution >= 0.6 is 15.9 Å². The third-order valence-corrected chi connectivity index (χ3v) is 4.22. The summed E-state index contributed by atoms with van der Waals surface area (Å²) in [5.74, 6) is -0.500. The van der Waals surface area contributed by atoms with Crippen LogP contribution in [-0.4, -0.2) is 18.3 Å². The highest BCUT2D eigenvalue weighted by atomic mass is 79.9. The maximum absolute atomic E-state index is 14.2. The fraction of sp³-hybridized carbons (Fsp3) is 0.429. The summed E-state index contributed by atoms with van der Waals surface area (Å²) < 4.78 is 39.6. The maximum atomic E-state index is 14.2. The lowest BCUT2D eigenvalue weighted by Gasteiger charge is -2.32. The fourth-order valence-corrected chi connectivity index (χ4v) is 2.18. The van der Waals surface area contributed by atoms with Gasteiger partial charge in [0.25, 0.3) is 0 Å². The van der Waals surface area contributed by atoms with Gasteiger partial charge in [0.05, 0.1) is 11.2 Å². The fourth-order valence-electron chi connectivity index (χ4n) is 1.80. The molecule has 0 N–H and O–H groups in total. The second kappa shape index (κ2) is 5.24. The molecule has 0 bridgehead atoms. The van der Waals surface area contributed by atoms with E-state index in [1.165, 1.54) is 12.1 Å². The molecule has 0 radical (unpaired) electrons. The van der Waals surface area contributed by atoms with Crippen molar-refractivity contribution in [3.8, 4) is 0 Å². The average Bonchev–Trinajstić information content (AvgIpc) is 2.53. The highest BCUT2D eigenvalue weighted by molar-refractivity contribution is 9.10. The molecule has 2 nitrogen and oxygen atoms in total. The largest absolute Gasteiger partial charge is 0.525 e. The third kappa shape index (κ3) is 2.97. The Kier molecular flexibility index (Phi) is 4.11. The van der Waals surface area contributed by atoms with Gasteiger partial charge in [-0.15, -0.1) is 0 Å². The molecule has 0 spiro atoms. The molecule has 1 aromatic rings. The lowest BCUT2D eigenvalue weighted by atomic mass is 9.87. The van der Waals surface area contributed by atoms with E-state index >= 15 is 0 Å². The molecule has 0 aliphatic carbocycles. The standard InChI is InChI=1S/C14H16BBrF2O2/c1-13(2)14(3,4)20-15(19-13)12(18)8-9-7-10(16)5-6-11(9)17/h5-8H,1-4H3. The highest BCUT2D eigenvalue weighted by Gasteiger charge is 2.53. The van der Waals surface area contributed by atoms with Crippen LogP contribution in [0.1, 0.15) is 33.3 Å². The molecular weight excluding hydrogens is 329 g/mol. The van der Waals surface area contributed by atoms with Crippen molar-refractivity contribution in [2.45, 2.75) is 38.9 Å². The van der Waals surface area contributed by atoms with Gasteiger partial charge < -0.3 is 9.31 Å². The second-order valence-electron chi connectivity index (χ2n) is 5.78. The molecule has 20 heavy (non-hydrogen) atoms. The molecule has 1 aromatic carbocycles. The van der Waals surface area contributed by atoms with Crippen molar-refractivity contribution in [2.75, 3.05) is 0 Å². The smallest absolute Gasteiger partial charge is 0.398 e. The van der Waals surface area contributed by atoms with E-state index in [1.807, 2.05) is 27.7 Å². The molecule has 0 aromatic heterocycles. The van der Waals surface area contributed by atoms with Crippen molar-refractivity contribution >= 4 is 29.1 Å². The highest BCUT2D eigenvalue weighted by Crippen LogP contribution is 2.39. The molecular formula is C14H16BBrF2O2. The van der Waals surface area contributed by atoms with Crippen LogP contribution in [-0.2, 0) is 9.31 Å². The summed E-state index contributed by atoms with van der Waals surface area (Å²) in [4.78, 5) is 0. The van der Waals surface area contributed by atoms with Crippen molar-refractivity contribution in [3.63, 3.8) is 0 Å². The lowest BCUT2D eigenvalue weighted by molar-refractivity contribution is 0.00578. The van der Waals surface area contributed by atoms with E-state index in [1.54, 1.807) is 6.07 Å². The Morgan fingerprint density at radius 1 is 1.20 bits per heavy atom. The van der Waals surface area contributed by atoms with Crippen LogP contribution in [0.2, 0.25) is 0 Å². The quantitative estimate of drug-likeness (QED) is 0.734. The van der Waals surface area contributed by atoms with Crippen LogP contribution in [0.3, 0.4) is 0 Å². The molecule has 6 heteroatoms. The molecule has 1 heterocycles. The Morgan fingerprint density at radius 3 is 2.30 bits per heavy atom. The van der Waals surface area contributed by atoms with E-state index in [9.17, 15) is 8.78 Å². The Morgan fingerprint density at radius 2 is 1.75 bits per heavy atom. The van der Waals surface area contributed by atoms with Crippen molar-refractivity contribution < 1.29 is 18.1 Å². The number of halogens is 3. The molecule has 1 saturated heterocycles. The number of hydrogen-bond donors (Lipinski definition) is 0. The molecule has 108 valence electrons. The predicted octanol–water partition coefficient (Wildman–Crippen LogP) is 4.53. The molecule has 0 atom stereocenters. The van der Waals surface area contributed by atoms with E-state index in [0.717, 1.165) is 6.08 Å². The van der Waals surface area contributed by atoms with Gasteiger partial charge in [-0.1, -0.05) is 15.9 Å². The summed E-state index contributed by atoms with van der Waals surface area (Å²) in [5.41, 5.74) is -1.76. The topological polar surface area (TPSA) is 18.5 Å². The molecule has 1 aliphatic heterocycles. The van der Waals surface area contributed by atoms with Gasteiger partial charge >= 0.3 is 7.12 Å². The van der Waals surface area contributed by atoms with E-state index in [2.05, 4.69) is 15.9 Å². The van der Waals surface area contributed by atoms with Crippen LogP contribution < -0.4 is 0 Å². The van der Waals surface area contributed by atoms with Crippen molar-refractivity contribution in [2.24, 2.45) is 0 Å². The Balaban J connectivity index is 2.27. The van der Waals surface area contributed by atoms with Gasteiger partial charge in [0.1, 0.15) is 11.5 Å². The number of hydrogen-bond acceptors (Lipinski definition) is 2. The number of benzene rings is 1. The summed E-state index contributed by atoms with van der Waals surface area (Å²) in [6.45, 7) is 7.33. The minimum atomic E-state index is -1.11. The minimum absolute atomic E-state index is 0.145. The molecule has 1 fully saturated rings. The number of rotatable bonds is 2. The average molecular weight is 345 g/mol. The zero-order valence-corrected chi connectivity index (χ0v) is 13.4. The Labute approximate surface area is 126 Å². The summed E-state index contributed by atoms with van der Waals surface area (Å²) in [6, 6.07) is 4.33. The first-order valence-corrected chi connectivity index (χ1v) is 7.09. The first-order valence-electron chi connectivity index (χ1n) is 6.30. The lowest BCUT2D eigenvalue weighted by Crippen LogP contribution is -2.41. The summed E-state index contributed by atoms with van der Waals surface area (Å²) >= 11 is 3.23. The van der Waals surface area contributed by atoms with Crippen molar-refractivity contribution in [1.29, 1.82) is 0 Å². The van der Waals surface area contributed by atoms with Gasteiger partial charge in [-0.2, -0.15) is 0 Å². The molecule has 0 amide bonds. The van der Waals surface area contributed by atoms with Crippen LogP contribution in [0, 0.1) is 5.82 Å². The Bertz CT molecular complexity index is 542. The maximum Gasteiger partial charge on any atom is 0.525 e. The third-order valence-electron chi connectivity index (χ3n) is 3.73. The minimum Gasteiger partial charge on any atom is -0.398 e. The zero-order valence-electron chi connectivity index (χ0n) is 11.8. The van der Waals surface area contributed by atoms with Crippen LogP contribution in [0.15, 0.2) is 28.4 Å². The molecule has 2 rings (SSSR count). The van der Waals surface area contributed by atoms with Crippen LogP contribution in [0.4, 0.5) is 8.78 Å². The molecule has 0 saturated carbocycles. The van der Waals surface area contributed by atoms with Gasteiger partial charge in [0.2, 0.25) is 0 Å². The van der Waals surface area contributed by atoms with Gasteiger partial charge in [-0.25, -0.2) is 8.78 Å². The van der Waals surface area contributed by atoms with E-state index in [4.69, 9.17) is 9.31 Å². The summed E-state index contributed by atoms with van der Waals surface area (Å²) in [5, 5.41) is 0. The van der Waals surface area contributed by atoms with Crippen LogP contribution in [0.5, 0.6) is 0 Å². The van der Waals surface area contributed by atoms with Crippen LogP contribution in [0.25, 0.3) is 6.08 Å². The zero-order chi connectivity index (χ0) is 15.1. The van der Waals surface area contributed by atoms with E-state index in [-0.39, 0.29) is 5.56 Å². The van der Waals surface area contributed by atoms with Gasteiger partial charge in [0.15, 0.2) is 0 Å². The summed E-state index contributed by atoms with van der Waals surface area (Å²) in [6.07, 6.45) is 1.10. The van der Waals surface area contributed by atoms with Crippen molar-refractivity contribution in [1.82, 2.24) is 0 Å². The summed E-state index contributed by atoms with van der Waals surface area (Å²) in [7, 11) is -1.11. The SMILES string of the molecule is CC1(C)OB(C(F)=Cc2cc(Br)ccc2F)OC1(C)C. The monoisotopic (exact) mass is 344 g/mol. The first-order chi connectivity index (χ1) is 9.12. The molecule has 1 aliphatic rings. The van der Waals surface area contributed by atoms with Gasteiger partial charge in [-0.05, 0) is 52.0 Å². The first kappa shape index (κ1) is 15.7.